The Labute approximate surface area is 136 Å². The molecule has 24 heavy (non-hydrogen) atoms. The van der Waals surface area contributed by atoms with E-state index >= 15 is 0 Å². The van der Waals surface area contributed by atoms with E-state index in [9.17, 15) is 23.1 Å². The van der Waals surface area contributed by atoms with Gasteiger partial charge in [0.25, 0.3) is 12.3 Å². The van der Waals surface area contributed by atoms with Crippen LogP contribution in [0.15, 0.2) is 42.6 Å². The third kappa shape index (κ3) is 4.69. The highest BCUT2D eigenvalue weighted by Crippen LogP contribution is 2.18. The highest BCUT2D eigenvalue weighted by molar-refractivity contribution is 5.96. The molecule has 1 atom stereocenters. The number of aliphatic hydroxyl groups is 1. The summed E-state index contributed by atoms with van der Waals surface area (Å²) in [4.78, 5) is 15.8. The molecule has 5 nitrogen and oxygen atoms in total. The van der Waals surface area contributed by atoms with Crippen LogP contribution in [0.5, 0.6) is 5.88 Å². The third-order valence-corrected chi connectivity index (χ3v) is 3.08. The fraction of sp³-hybridized carbons (Fsp3) is 0.250. The number of benzene rings is 1. The molecule has 2 aromatic rings. The number of hydrogen-bond acceptors (Lipinski definition) is 4. The number of alkyl halides is 2. The van der Waals surface area contributed by atoms with E-state index < -0.39 is 30.9 Å². The average molecular weight is 340 g/mol. The Kier molecular flexibility index (Phi) is 6.14. The number of nitrogens with one attached hydrogen (secondary N) is 1. The maximum atomic E-state index is 13.6. The summed E-state index contributed by atoms with van der Waals surface area (Å²) in [5.41, 5.74) is -0.0166. The minimum Gasteiger partial charge on any atom is -0.471 e. The van der Waals surface area contributed by atoms with Crippen molar-refractivity contribution in [2.45, 2.75) is 12.5 Å². The molecule has 0 aliphatic carbocycles. The number of rotatable bonds is 7. The van der Waals surface area contributed by atoms with Crippen LogP contribution in [0, 0.1) is 5.82 Å². The van der Waals surface area contributed by atoms with E-state index in [-0.39, 0.29) is 23.6 Å². The van der Waals surface area contributed by atoms with Gasteiger partial charge in [-0.25, -0.2) is 18.2 Å². The van der Waals surface area contributed by atoms with Gasteiger partial charge in [0.05, 0.1) is 6.10 Å². The van der Waals surface area contributed by atoms with E-state index in [2.05, 4.69) is 10.3 Å². The molecule has 0 spiro atoms. The van der Waals surface area contributed by atoms with Gasteiger partial charge in [-0.3, -0.25) is 4.79 Å². The van der Waals surface area contributed by atoms with Gasteiger partial charge in [0.2, 0.25) is 5.88 Å². The van der Waals surface area contributed by atoms with Crippen molar-refractivity contribution in [2.75, 3.05) is 13.2 Å². The van der Waals surface area contributed by atoms with E-state index in [1.807, 2.05) is 0 Å². The number of carbonyl (C=O) groups is 1. The van der Waals surface area contributed by atoms with Gasteiger partial charge < -0.3 is 15.2 Å². The van der Waals surface area contributed by atoms with Crippen LogP contribution in [0.2, 0.25) is 0 Å². The largest absolute Gasteiger partial charge is 0.471 e. The number of aromatic nitrogens is 1. The quantitative estimate of drug-likeness (QED) is 0.811. The summed E-state index contributed by atoms with van der Waals surface area (Å²) >= 11 is 0. The standard InChI is InChI=1S/C16H15F3N2O3/c17-12-6-2-1-4-10(12)13(22)8-21-15(23)11-5-3-7-20-16(11)24-9-14(18)19/h1-7,13-14,22H,8-9H2,(H,21,23). The van der Waals surface area contributed by atoms with Crippen LogP contribution in [-0.2, 0) is 0 Å². The molecule has 0 bridgehead atoms. The molecule has 1 aromatic carbocycles. The van der Waals surface area contributed by atoms with E-state index in [0.717, 1.165) is 0 Å². The highest BCUT2D eigenvalue weighted by Gasteiger charge is 2.18. The molecule has 1 aromatic heterocycles. The van der Waals surface area contributed by atoms with Crippen LogP contribution in [0.4, 0.5) is 13.2 Å². The van der Waals surface area contributed by atoms with Crippen LogP contribution >= 0.6 is 0 Å². The second-order valence-electron chi connectivity index (χ2n) is 4.81. The number of ether oxygens (including phenoxy) is 1. The van der Waals surface area contributed by atoms with Gasteiger partial charge in [-0.05, 0) is 18.2 Å². The van der Waals surface area contributed by atoms with Crippen molar-refractivity contribution in [3.8, 4) is 5.88 Å². The zero-order chi connectivity index (χ0) is 17.5. The van der Waals surface area contributed by atoms with Crippen LogP contribution in [0.25, 0.3) is 0 Å². The zero-order valence-electron chi connectivity index (χ0n) is 12.5. The first-order valence-electron chi connectivity index (χ1n) is 7.05. The molecule has 8 heteroatoms. The SMILES string of the molecule is O=C(NCC(O)c1ccccc1F)c1cccnc1OCC(F)F. The summed E-state index contributed by atoms with van der Waals surface area (Å²) in [5.74, 6) is -1.51. The second-order valence-corrected chi connectivity index (χ2v) is 4.81. The molecule has 0 saturated carbocycles. The van der Waals surface area contributed by atoms with E-state index in [4.69, 9.17) is 4.74 Å². The smallest absolute Gasteiger partial charge is 0.272 e. The minimum atomic E-state index is -2.70. The predicted octanol–water partition coefficient (Wildman–Crippen LogP) is 2.33. The molecule has 0 saturated heterocycles. The third-order valence-electron chi connectivity index (χ3n) is 3.08. The summed E-state index contributed by atoms with van der Waals surface area (Å²) in [6, 6.07) is 8.41. The molecule has 1 unspecified atom stereocenters. The van der Waals surface area contributed by atoms with Crippen molar-refractivity contribution in [3.05, 3.63) is 59.5 Å². The van der Waals surface area contributed by atoms with Gasteiger partial charge in [0.15, 0.2) is 6.61 Å². The van der Waals surface area contributed by atoms with Gasteiger partial charge in [0.1, 0.15) is 11.4 Å². The van der Waals surface area contributed by atoms with E-state index in [1.54, 1.807) is 6.07 Å². The fourth-order valence-corrected chi connectivity index (χ4v) is 1.96. The van der Waals surface area contributed by atoms with Crippen LogP contribution < -0.4 is 10.1 Å². The number of pyridine rings is 1. The van der Waals surface area contributed by atoms with Gasteiger partial charge in [-0.15, -0.1) is 0 Å². The normalized spacial score (nSPS) is 12.0. The molecular weight excluding hydrogens is 325 g/mol. The number of aliphatic hydroxyl groups excluding tert-OH is 1. The van der Waals surface area contributed by atoms with E-state index in [0.29, 0.717) is 0 Å². The van der Waals surface area contributed by atoms with Crippen molar-refractivity contribution in [1.29, 1.82) is 0 Å². The number of nitrogens with zero attached hydrogens (tertiary/aromatic N) is 1. The Hall–Kier alpha value is -2.61. The maximum absolute atomic E-state index is 13.6. The number of carbonyl (C=O) groups excluding carboxylic acids is 1. The van der Waals surface area contributed by atoms with Crippen molar-refractivity contribution in [2.24, 2.45) is 0 Å². The molecule has 0 fully saturated rings. The Morgan fingerprint density at radius 2 is 2.00 bits per heavy atom. The Morgan fingerprint density at radius 3 is 2.71 bits per heavy atom. The van der Waals surface area contributed by atoms with Crippen LogP contribution in [-0.4, -0.2) is 35.6 Å². The summed E-state index contributed by atoms with van der Waals surface area (Å²) in [5, 5.41) is 12.3. The molecule has 0 aliphatic rings. The maximum Gasteiger partial charge on any atom is 0.272 e. The lowest BCUT2D eigenvalue weighted by atomic mass is 10.1. The predicted molar refractivity (Wildman–Crippen MR) is 79.4 cm³/mol. The lowest BCUT2D eigenvalue weighted by Crippen LogP contribution is -2.29. The summed E-state index contributed by atoms with van der Waals surface area (Å²) < 4.78 is 42.8. The molecular formula is C16H15F3N2O3. The number of amides is 1. The van der Waals surface area contributed by atoms with E-state index in [1.165, 1.54) is 36.5 Å². The van der Waals surface area contributed by atoms with Crippen molar-refractivity contribution < 1.29 is 27.8 Å². The highest BCUT2D eigenvalue weighted by atomic mass is 19.3. The first-order valence-corrected chi connectivity index (χ1v) is 7.05. The molecule has 2 N–H and O–H groups in total. The number of hydrogen-bond donors (Lipinski definition) is 2. The second kappa shape index (κ2) is 8.30. The summed E-state index contributed by atoms with van der Waals surface area (Å²) in [6.45, 7) is -1.15. The Balaban J connectivity index is 2.01. The Bertz CT molecular complexity index is 698. The fourth-order valence-electron chi connectivity index (χ4n) is 1.96. The van der Waals surface area contributed by atoms with Crippen molar-refractivity contribution in [3.63, 3.8) is 0 Å². The van der Waals surface area contributed by atoms with Gasteiger partial charge >= 0.3 is 0 Å². The molecule has 0 aliphatic heterocycles. The van der Waals surface area contributed by atoms with Gasteiger partial charge in [0, 0.05) is 18.3 Å². The van der Waals surface area contributed by atoms with Gasteiger partial charge in [-0.1, -0.05) is 18.2 Å². The lowest BCUT2D eigenvalue weighted by Gasteiger charge is -2.14. The first kappa shape index (κ1) is 17.7. The molecule has 0 radical (unpaired) electrons. The van der Waals surface area contributed by atoms with Crippen molar-refractivity contribution >= 4 is 5.91 Å². The average Bonchev–Trinajstić information content (AvgIpc) is 2.58. The molecule has 1 heterocycles. The molecule has 2 rings (SSSR count). The lowest BCUT2D eigenvalue weighted by molar-refractivity contribution is 0.0768. The zero-order valence-corrected chi connectivity index (χ0v) is 12.5. The van der Waals surface area contributed by atoms with Crippen LogP contribution in [0.3, 0.4) is 0 Å². The van der Waals surface area contributed by atoms with Crippen LogP contribution in [0.1, 0.15) is 22.0 Å². The molecule has 1 amide bonds. The first-order chi connectivity index (χ1) is 11.5. The minimum absolute atomic E-state index is 0.0400. The monoisotopic (exact) mass is 340 g/mol. The Morgan fingerprint density at radius 1 is 1.25 bits per heavy atom. The molecule has 128 valence electrons. The number of halogens is 3. The topological polar surface area (TPSA) is 71.5 Å². The summed E-state index contributed by atoms with van der Waals surface area (Å²) in [6.07, 6.45) is -2.66. The summed E-state index contributed by atoms with van der Waals surface area (Å²) in [7, 11) is 0. The van der Waals surface area contributed by atoms with Crippen molar-refractivity contribution in [1.82, 2.24) is 10.3 Å². The van der Waals surface area contributed by atoms with Gasteiger partial charge in [-0.2, -0.15) is 0 Å².